The van der Waals surface area contributed by atoms with E-state index in [2.05, 4.69) is 15.2 Å². The van der Waals surface area contributed by atoms with Crippen molar-refractivity contribution in [2.75, 3.05) is 31.1 Å². The summed E-state index contributed by atoms with van der Waals surface area (Å²) in [6.07, 6.45) is 4.38. The second-order valence-electron chi connectivity index (χ2n) is 6.18. The number of nitrogens with one attached hydrogen (secondary N) is 1. The first-order chi connectivity index (χ1) is 12.2. The Kier molecular flexibility index (Phi) is 5.38. The van der Waals surface area contributed by atoms with Gasteiger partial charge in [-0.05, 0) is 36.2 Å². The number of hydrogen-bond donors (Lipinski definition) is 2. The van der Waals surface area contributed by atoms with E-state index in [1.54, 1.807) is 24.5 Å². The summed E-state index contributed by atoms with van der Waals surface area (Å²) in [5.74, 6) is 0.233. The predicted octanol–water partition coefficient (Wildman–Crippen LogP) is 2.77. The molecule has 2 heterocycles. The summed E-state index contributed by atoms with van der Waals surface area (Å²) >= 11 is 0. The highest BCUT2D eigenvalue weighted by atomic mass is 16.3. The molecule has 25 heavy (non-hydrogen) atoms. The van der Waals surface area contributed by atoms with E-state index in [1.807, 2.05) is 36.1 Å². The minimum Gasteiger partial charge on any atom is -0.508 e. The Labute approximate surface area is 148 Å². The van der Waals surface area contributed by atoms with Gasteiger partial charge in [0, 0.05) is 44.3 Å². The summed E-state index contributed by atoms with van der Waals surface area (Å²) in [6.45, 7) is 5.06. The van der Waals surface area contributed by atoms with Crippen LogP contribution >= 0.6 is 0 Å². The second-order valence-corrected chi connectivity index (χ2v) is 6.18. The summed E-state index contributed by atoms with van der Waals surface area (Å²) in [7, 11) is 0. The van der Waals surface area contributed by atoms with Crippen LogP contribution in [-0.2, 0) is 0 Å². The summed E-state index contributed by atoms with van der Waals surface area (Å²) in [5, 5.41) is 12.5. The van der Waals surface area contributed by atoms with Crippen LogP contribution in [0.2, 0.25) is 0 Å². The van der Waals surface area contributed by atoms with Crippen molar-refractivity contribution in [1.82, 2.24) is 15.2 Å². The minimum absolute atomic E-state index is 0.0331. The molecule has 1 aliphatic heterocycles. The van der Waals surface area contributed by atoms with Crippen molar-refractivity contribution in [1.29, 1.82) is 0 Å². The van der Waals surface area contributed by atoms with Gasteiger partial charge in [-0.1, -0.05) is 19.1 Å². The van der Waals surface area contributed by atoms with Gasteiger partial charge in [-0.3, -0.25) is 4.98 Å². The third-order valence-corrected chi connectivity index (χ3v) is 4.60. The van der Waals surface area contributed by atoms with E-state index < -0.39 is 0 Å². The number of pyridine rings is 1. The Hall–Kier alpha value is -2.76. The molecule has 6 heteroatoms. The third-order valence-electron chi connectivity index (χ3n) is 4.60. The van der Waals surface area contributed by atoms with Gasteiger partial charge in [-0.25, -0.2) is 4.79 Å². The van der Waals surface area contributed by atoms with Crippen LogP contribution < -0.4 is 10.2 Å². The van der Waals surface area contributed by atoms with E-state index in [9.17, 15) is 9.90 Å². The first-order valence-corrected chi connectivity index (χ1v) is 8.66. The fraction of sp³-hybridized carbons (Fsp3) is 0.368. The number of carbonyl (C=O) groups excluding carboxylic acids is 1. The number of hydrogen-bond acceptors (Lipinski definition) is 4. The maximum absolute atomic E-state index is 12.6. The highest BCUT2D eigenvalue weighted by Gasteiger charge is 2.23. The van der Waals surface area contributed by atoms with Crippen molar-refractivity contribution in [2.24, 2.45) is 0 Å². The number of carbonyl (C=O) groups is 1. The van der Waals surface area contributed by atoms with Gasteiger partial charge in [0.1, 0.15) is 5.75 Å². The second kappa shape index (κ2) is 7.88. The average Bonchev–Trinajstić information content (AvgIpc) is 2.67. The van der Waals surface area contributed by atoms with Crippen molar-refractivity contribution in [3.8, 4) is 5.75 Å². The molecule has 2 aromatic rings. The van der Waals surface area contributed by atoms with Crippen LogP contribution in [0.1, 0.15) is 24.9 Å². The molecule has 1 fully saturated rings. The minimum atomic E-state index is -0.0497. The highest BCUT2D eigenvalue weighted by molar-refractivity contribution is 5.75. The van der Waals surface area contributed by atoms with Gasteiger partial charge in [0.2, 0.25) is 0 Å². The Morgan fingerprint density at radius 1 is 1.12 bits per heavy atom. The Morgan fingerprint density at radius 2 is 1.76 bits per heavy atom. The Bertz CT molecular complexity index is 682. The summed E-state index contributed by atoms with van der Waals surface area (Å²) in [4.78, 5) is 20.8. The maximum Gasteiger partial charge on any atom is 0.318 e. The molecule has 6 nitrogen and oxygen atoms in total. The van der Waals surface area contributed by atoms with Crippen molar-refractivity contribution in [3.05, 3.63) is 54.4 Å². The Morgan fingerprint density at radius 3 is 2.36 bits per heavy atom. The zero-order chi connectivity index (χ0) is 17.6. The maximum atomic E-state index is 12.6. The van der Waals surface area contributed by atoms with E-state index >= 15 is 0 Å². The lowest BCUT2D eigenvalue weighted by atomic mass is 10.0. The lowest BCUT2D eigenvalue weighted by Crippen LogP contribution is -2.52. The number of nitrogens with zero attached hydrogens (tertiary/aromatic N) is 3. The number of anilines is 1. The molecule has 0 spiro atoms. The number of piperazine rings is 1. The largest absolute Gasteiger partial charge is 0.508 e. The van der Waals surface area contributed by atoms with Crippen molar-refractivity contribution in [3.63, 3.8) is 0 Å². The van der Waals surface area contributed by atoms with Gasteiger partial charge >= 0.3 is 6.03 Å². The number of aromatic hydroxyl groups is 1. The first-order valence-electron chi connectivity index (χ1n) is 8.66. The molecule has 1 aromatic carbocycles. The summed E-state index contributed by atoms with van der Waals surface area (Å²) in [6, 6.07) is 10.9. The molecule has 0 unspecified atom stereocenters. The number of amides is 2. The fourth-order valence-electron chi connectivity index (χ4n) is 3.09. The normalized spacial score (nSPS) is 15.7. The number of urea groups is 1. The van der Waals surface area contributed by atoms with Crippen molar-refractivity contribution >= 4 is 11.7 Å². The topological polar surface area (TPSA) is 68.7 Å². The molecule has 0 radical (unpaired) electrons. The van der Waals surface area contributed by atoms with Gasteiger partial charge in [-0.2, -0.15) is 0 Å². The average molecular weight is 340 g/mol. The third kappa shape index (κ3) is 4.21. The number of aromatic nitrogens is 1. The molecular weight excluding hydrogens is 316 g/mol. The van der Waals surface area contributed by atoms with Crippen LogP contribution in [0.25, 0.3) is 0 Å². The van der Waals surface area contributed by atoms with Gasteiger partial charge in [-0.15, -0.1) is 0 Å². The fourth-order valence-corrected chi connectivity index (χ4v) is 3.09. The molecular formula is C19H24N4O2. The molecule has 132 valence electrons. The van der Waals surface area contributed by atoms with Gasteiger partial charge < -0.3 is 20.2 Å². The highest BCUT2D eigenvalue weighted by Crippen LogP contribution is 2.20. The molecule has 0 aliphatic carbocycles. The lowest BCUT2D eigenvalue weighted by Gasteiger charge is -2.36. The molecule has 1 saturated heterocycles. The zero-order valence-corrected chi connectivity index (χ0v) is 14.4. The number of rotatable bonds is 4. The molecule has 3 rings (SSSR count). The summed E-state index contributed by atoms with van der Waals surface area (Å²) < 4.78 is 0. The van der Waals surface area contributed by atoms with Crippen LogP contribution in [0.15, 0.2) is 48.8 Å². The molecule has 2 N–H and O–H groups in total. The van der Waals surface area contributed by atoms with Gasteiger partial charge in [0.05, 0.1) is 6.04 Å². The van der Waals surface area contributed by atoms with Crippen LogP contribution in [-0.4, -0.2) is 47.2 Å². The molecule has 1 aromatic heterocycles. The molecule has 1 aliphatic rings. The Balaban J connectivity index is 1.56. The number of phenols is 1. The quantitative estimate of drug-likeness (QED) is 0.898. The predicted molar refractivity (Wildman–Crippen MR) is 97.7 cm³/mol. The smallest absolute Gasteiger partial charge is 0.318 e. The van der Waals surface area contributed by atoms with Gasteiger partial charge in [0.25, 0.3) is 0 Å². The standard InChI is InChI=1S/C19H24N4O2/c1-2-18(15-3-5-17(24)6-4-15)21-19(25)23-13-11-22(12-14-23)16-7-9-20-10-8-16/h3-10,18,24H,2,11-14H2,1H3,(H,21,25)/t18-/m1/s1. The zero-order valence-electron chi connectivity index (χ0n) is 14.4. The number of phenolic OH excluding ortho intramolecular Hbond substituents is 1. The molecule has 0 saturated carbocycles. The van der Waals surface area contributed by atoms with Crippen molar-refractivity contribution in [2.45, 2.75) is 19.4 Å². The molecule has 2 amide bonds. The van der Waals surface area contributed by atoms with Crippen LogP contribution in [0.5, 0.6) is 5.75 Å². The van der Waals surface area contributed by atoms with E-state index in [4.69, 9.17) is 0 Å². The molecule has 0 bridgehead atoms. The summed E-state index contributed by atoms with van der Waals surface area (Å²) in [5.41, 5.74) is 2.15. The van der Waals surface area contributed by atoms with Crippen LogP contribution in [0.3, 0.4) is 0 Å². The van der Waals surface area contributed by atoms with E-state index in [-0.39, 0.29) is 17.8 Å². The lowest BCUT2D eigenvalue weighted by molar-refractivity contribution is 0.190. The van der Waals surface area contributed by atoms with Crippen molar-refractivity contribution < 1.29 is 9.90 Å². The SMILES string of the molecule is CC[C@@H](NC(=O)N1CCN(c2ccncc2)CC1)c1ccc(O)cc1. The first kappa shape index (κ1) is 17.1. The van der Waals surface area contributed by atoms with E-state index in [1.165, 1.54) is 0 Å². The number of benzene rings is 1. The monoisotopic (exact) mass is 340 g/mol. The van der Waals surface area contributed by atoms with E-state index in [0.717, 1.165) is 30.8 Å². The van der Waals surface area contributed by atoms with Crippen LogP contribution in [0, 0.1) is 0 Å². The molecule has 1 atom stereocenters. The van der Waals surface area contributed by atoms with Gasteiger partial charge in [0.15, 0.2) is 0 Å². The van der Waals surface area contributed by atoms with E-state index in [0.29, 0.717) is 13.1 Å². The van der Waals surface area contributed by atoms with Crippen LogP contribution in [0.4, 0.5) is 10.5 Å².